The highest BCUT2D eigenvalue weighted by Gasteiger charge is 2.32. The van der Waals surface area contributed by atoms with Gasteiger partial charge >= 0.3 is 0 Å². The lowest BCUT2D eigenvalue weighted by Crippen LogP contribution is -1.99. The van der Waals surface area contributed by atoms with Gasteiger partial charge in [-0.05, 0) is 52.5 Å². The van der Waals surface area contributed by atoms with E-state index in [0.717, 1.165) is 5.69 Å². The first-order chi connectivity index (χ1) is 14.2. The van der Waals surface area contributed by atoms with E-state index < -0.39 is 0 Å². The Hall–Kier alpha value is -3.78. The minimum Gasteiger partial charge on any atom is -0.450 e. The van der Waals surface area contributed by atoms with Crippen LogP contribution in [0.25, 0.3) is 11.8 Å². The third kappa shape index (κ3) is 3.09. The molecule has 140 valence electrons. The maximum absolute atomic E-state index is 12.5. The zero-order chi connectivity index (χ0) is 19.8. The molecular formula is C21H12N4O3S. The fourth-order valence-electron chi connectivity index (χ4n) is 3.08. The van der Waals surface area contributed by atoms with Gasteiger partial charge in [-0.25, -0.2) is 0 Å². The fraction of sp³-hybridized carbons (Fsp3) is 0. The summed E-state index contributed by atoms with van der Waals surface area (Å²) in [6.07, 6.45) is 1.48. The van der Waals surface area contributed by atoms with E-state index in [4.69, 9.17) is 4.42 Å². The molecule has 1 aliphatic rings. The summed E-state index contributed by atoms with van der Waals surface area (Å²) in [7, 11) is 0. The van der Waals surface area contributed by atoms with Crippen molar-refractivity contribution in [3.63, 3.8) is 0 Å². The van der Waals surface area contributed by atoms with Crippen LogP contribution in [0.4, 0.5) is 0 Å². The van der Waals surface area contributed by atoms with Crippen LogP contribution in [0.5, 0.6) is 0 Å². The van der Waals surface area contributed by atoms with Crippen LogP contribution < -0.4 is 0 Å². The number of rotatable bonds is 4. The molecule has 0 bridgehead atoms. The number of tetrazole rings is 1. The van der Waals surface area contributed by atoms with E-state index in [0.29, 0.717) is 27.1 Å². The molecule has 2 aromatic heterocycles. The van der Waals surface area contributed by atoms with E-state index in [1.54, 1.807) is 41.1 Å². The number of carbonyl (C=O) groups is 2. The molecule has 5 rings (SSSR count). The number of hydrogen-bond donors (Lipinski definition) is 0. The van der Waals surface area contributed by atoms with E-state index in [1.165, 1.54) is 17.8 Å². The number of nitrogens with zero attached hydrogens (tertiary/aromatic N) is 4. The minimum atomic E-state index is -0.288. The molecule has 0 fully saturated rings. The predicted octanol–water partition coefficient (Wildman–Crippen LogP) is 3.87. The van der Waals surface area contributed by atoms with Gasteiger partial charge in [-0.3, -0.25) is 9.59 Å². The average molecular weight is 400 g/mol. The largest absolute Gasteiger partial charge is 0.450 e. The fourth-order valence-corrected chi connectivity index (χ4v) is 3.84. The van der Waals surface area contributed by atoms with Gasteiger partial charge in [0.15, 0.2) is 16.7 Å². The lowest BCUT2D eigenvalue weighted by Gasteiger charge is -2.01. The normalized spacial score (nSPS) is 13.0. The van der Waals surface area contributed by atoms with Crippen LogP contribution in [0.1, 0.15) is 26.5 Å². The molecule has 2 aromatic carbocycles. The summed E-state index contributed by atoms with van der Waals surface area (Å²) in [5.41, 5.74) is 1.78. The summed E-state index contributed by atoms with van der Waals surface area (Å²) in [4.78, 5) is 25.0. The number of furan rings is 1. The van der Waals surface area contributed by atoms with E-state index >= 15 is 0 Å². The van der Waals surface area contributed by atoms with Gasteiger partial charge in [0.2, 0.25) is 5.16 Å². The Balaban J connectivity index is 1.41. The van der Waals surface area contributed by atoms with Gasteiger partial charge in [-0.15, -0.1) is 5.10 Å². The first kappa shape index (κ1) is 17.3. The minimum absolute atomic E-state index is 0.103. The van der Waals surface area contributed by atoms with E-state index in [2.05, 4.69) is 15.5 Å². The Morgan fingerprint density at radius 3 is 2.28 bits per heavy atom. The number of para-hydroxylation sites is 1. The summed E-state index contributed by atoms with van der Waals surface area (Å²) in [6, 6.07) is 19.8. The molecule has 7 nitrogen and oxygen atoms in total. The summed E-state index contributed by atoms with van der Waals surface area (Å²) in [6.45, 7) is 0. The molecule has 1 aliphatic carbocycles. The number of fused-ring (bicyclic) bond motifs is 1. The van der Waals surface area contributed by atoms with Gasteiger partial charge in [-0.1, -0.05) is 42.5 Å². The maximum atomic E-state index is 12.5. The van der Waals surface area contributed by atoms with Crippen molar-refractivity contribution in [2.45, 2.75) is 10.2 Å². The van der Waals surface area contributed by atoms with Crippen LogP contribution in [0.3, 0.4) is 0 Å². The van der Waals surface area contributed by atoms with Crippen molar-refractivity contribution in [2.75, 3.05) is 0 Å². The van der Waals surface area contributed by atoms with Gasteiger partial charge in [0.05, 0.1) is 11.3 Å². The predicted molar refractivity (Wildman–Crippen MR) is 105 cm³/mol. The molecular weight excluding hydrogens is 388 g/mol. The third-order valence-corrected chi connectivity index (χ3v) is 5.29. The molecule has 0 unspecified atom stereocenters. The second-order valence-corrected chi connectivity index (χ2v) is 7.20. The Labute approximate surface area is 169 Å². The van der Waals surface area contributed by atoms with Crippen molar-refractivity contribution >= 4 is 29.4 Å². The molecule has 2 heterocycles. The van der Waals surface area contributed by atoms with E-state index in [1.807, 2.05) is 30.3 Å². The summed E-state index contributed by atoms with van der Waals surface area (Å²) in [5.74, 6) is -0.163. The second kappa shape index (κ2) is 6.99. The highest BCUT2D eigenvalue weighted by molar-refractivity contribution is 7.99. The van der Waals surface area contributed by atoms with Gasteiger partial charge in [0.25, 0.3) is 0 Å². The second-order valence-electron chi connectivity index (χ2n) is 6.23. The quantitative estimate of drug-likeness (QED) is 0.379. The van der Waals surface area contributed by atoms with Crippen molar-refractivity contribution in [2.24, 2.45) is 0 Å². The highest BCUT2D eigenvalue weighted by Crippen LogP contribution is 2.31. The Morgan fingerprint density at radius 2 is 1.55 bits per heavy atom. The van der Waals surface area contributed by atoms with Crippen LogP contribution in [0, 0.1) is 0 Å². The van der Waals surface area contributed by atoms with Crippen molar-refractivity contribution < 1.29 is 14.0 Å². The standard InChI is InChI=1S/C21H12N4O3S/c26-19-15-8-4-5-9-16(15)20(27)17(19)12-14-10-11-18(28-14)29-21-22-23-24-25(21)13-6-2-1-3-7-13/h1-12H. The molecule has 29 heavy (non-hydrogen) atoms. The van der Waals surface area contributed by atoms with Gasteiger partial charge in [0, 0.05) is 11.1 Å². The first-order valence-electron chi connectivity index (χ1n) is 8.72. The molecule has 0 aliphatic heterocycles. The number of allylic oxidation sites excluding steroid dienone is 1. The van der Waals surface area contributed by atoms with Crippen LogP contribution in [0.2, 0.25) is 0 Å². The zero-order valence-electron chi connectivity index (χ0n) is 14.9. The van der Waals surface area contributed by atoms with Crippen molar-refractivity contribution in [1.29, 1.82) is 0 Å². The molecule has 0 saturated carbocycles. The van der Waals surface area contributed by atoms with Gasteiger partial charge in [0.1, 0.15) is 5.76 Å². The van der Waals surface area contributed by atoms with Gasteiger partial charge in [-0.2, -0.15) is 4.68 Å². The Morgan fingerprint density at radius 1 is 0.862 bits per heavy atom. The Kier molecular flexibility index (Phi) is 4.18. The topological polar surface area (TPSA) is 90.9 Å². The molecule has 4 aromatic rings. The van der Waals surface area contributed by atoms with Gasteiger partial charge < -0.3 is 4.42 Å². The first-order valence-corrected chi connectivity index (χ1v) is 9.54. The molecule has 0 N–H and O–H groups in total. The summed E-state index contributed by atoms with van der Waals surface area (Å²) >= 11 is 1.24. The van der Waals surface area contributed by atoms with E-state index in [9.17, 15) is 9.59 Å². The van der Waals surface area contributed by atoms with Crippen LogP contribution in [-0.2, 0) is 0 Å². The van der Waals surface area contributed by atoms with Crippen molar-refractivity contribution in [1.82, 2.24) is 20.2 Å². The average Bonchev–Trinajstić information content (AvgIpc) is 3.46. The molecule has 8 heteroatoms. The molecule has 0 atom stereocenters. The van der Waals surface area contributed by atoms with Crippen LogP contribution in [0.15, 0.2) is 87.0 Å². The third-order valence-electron chi connectivity index (χ3n) is 4.43. The number of Topliss-reactive ketones (excluding diaryl/α,β-unsaturated/α-hetero) is 2. The van der Waals surface area contributed by atoms with Crippen molar-refractivity contribution in [3.8, 4) is 5.69 Å². The van der Waals surface area contributed by atoms with Crippen molar-refractivity contribution in [3.05, 3.63) is 89.2 Å². The number of carbonyl (C=O) groups excluding carboxylic acids is 2. The SMILES string of the molecule is O=C1C(=Cc2ccc(Sc3nnnn3-c3ccccc3)o2)C(=O)c2ccccc21. The number of hydrogen-bond acceptors (Lipinski definition) is 7. The Bertz CT molecular complexity index is 1240. The lowest BCUT2D eigenvalue weighted by molar-refractivity contribution is 0.0990. The highest BCUT2D eigenvalue weighted by atomic mass is 32.2. The lowest BCUT2D eigenvalue weighted by atomic mass is 10.1. The van der Waals surface area contributed by atoms with Crippen LogP contribution >= 0.6 is 11.8 Å². The maximum Gasteiger partial charge on any atom is 0.221 e. The smallest absolute Gasteiger partial charge is 0.221 e. The monoisotopic (exact) mass is 400 g/mol. The summed E-state index contributed by atoms with van der Waals surface area (Å²) in [5, 5.41) is 12.8. The number of benzene rings is 2. The zero-order valence-corrected chi connectivity index (χ0v) is 15.7. The molecule has 0 radical (unpaired) electrons. The number of aromatic nitrogens is 4. The molecule has 0 saturated heterocycles. The summed E-state index contributed by atoms with van der Waals surface area (Å²) < 4.78 is 7.38. The molecule has 0 amide bonds. The van der Waals surface area contributed by atoms with Crippen LogP contribution in [-0.4, -0.2) is 31.8 Å². The molecule has 0 spiro atoms. The number of ketones is 2. The van der Waals surface area contributed by atoms with E-state index in [-0.39, 0.29) is 17.1 Å².